The van der Waals surface area contributed by atoms with Crippen LogP contribution in [0.4, 0.5) is 5.69 Å². The zero-order valence-electron chi connectivity index (χ0n) is 14.0. The van der Waals surface area contributed by atoms with Crippen molar-refractivity contribution < 1.29 is 4.79 Å². The second kappa shape index (κ2) is 6.69. The van der Waals surface area contributed by atoms with E-state index in [1.165, 1.54) is 5.56 Å². The smallest absolute Gasteiger partial charge is 0.258 e. The van der Waals surface area contributed by atoms with Crippen molar-refractivity contribution in [2.75, 3.05) is 5.32 Å². The van der Waals surface area contributed by atoms with Crippen LogP contribution < -0.4 is 5.32 Å². The first-order valence-corrected chi connectivity index (χ1v) is 9.28. The van der Waals surface area contributed by atoms with E-state index in [1.807, 2.05) is 28.5 Å². The molecule has 1 aromatic carbocycles. The Kier molecular flexibility index (Phi) is 4.24. The van der Waals surface area contributed by atoms with Crippen molar-refractivity contribution in [2.24, 2.45) is 0 Å². The van der Waals surface area contributed by atoms with Gasteiger partial charge >= 0.3 is 0 Å². The molecule has 25 heavy (non-hydrogen) atoms. The number of hydrogen-bond donors (Lipinski definition) is 1. The normalized spacial score (nSPS) is 16.1. The fourth-order valence-electron chi connectivity index (χ4n) is 3.11. The molecule has 4 rings (SSSR count). The molecule has 3 aromatic rings. The summed E-state index contributed by atoms with van der Waals surface area (Å²) in [4.78, 5) is 20.4. The molecule has 1 aliphatic rings. The molecule has 0 saturated heterocycles. The summed E-state index contributed by atoms with van der Waals surface area (Å²) >= 11 is 1.66. The van der Waals surface area contributed by atoms with Crippen LogP contribution in [0.25, 0.3) is 0 Å². The molecule has 1 aliphatic heterocycles. The van der Waals surface area contributed by atoms with Crippen molar-refractivity contribution in [3.05, 3.63) is 81.8 Å². The number of fused-ring (bicyclic) bond motifs is 1. The minimum absolute atomic E-state index is 0.0270. The molecule has 0 bridgehead atoms. The molecule has 5 heteroatoms. The van der Waals surface area contributed by atoms with Gasteiger partial charge in [-0.1, -0.05) is 25.1 Å². The first kappa shape index (κ1) is 15.8. The zero-order chi connectivity index (χ0) is 17.2. The van der Waals surface area contributed by atoms with Gasteiger partial charge in [0.15, 0.2) is 0 Å². The summed E-state index contributed by atoms with van der Waals surface area (Å²) in [6.07, 6.45) is 2.51. The summed E-state index contributed by atoms with van der Waals surface area (Å²) in [5, 5.41) is 5.52. The lowest BCUT2D eigenvalue weighted by atomic mass is 10.1. The van der Waals surface area contributed by atoms with E-state index >= 15 is 0 Å². The molecule has 1 atom stereocenters. The third-order valence-corrected chi connectivity index (χ3v) is 5.33. The third kappa shape index (κ3) is 3.03. The molecule has 0 aliphatic carbocycles. The minimum atomic E-state index is -0.252. The number of carbonyl (C=O) groups is 1. The molecule has 4 nitrogen and oxygen atoms in total. The van der Waals surface area contributed by atoms with Gasteiger partial charge in [0, 0.05) is 16.8 Å². The van der Waals surface area contributed by atoms with Crippen LogP contribution in [-0.4, -0.2) is 15.8 Å². The summed E-state index contributed by atoms with van der Waals surface area (Å²) in [6, 6.07) is 16.1. The Labute approximate surface area is 151 Å². The van der Waals surface area contributed by atoms with Crippen LogP contribution in [0.5, 0.6) is 0 Å². The van der Waals surface area contributed by atoms with Crippen LogP contribution in [-0.2, 0) is 13.0 Å². The number of aromatic nitrogens is 1. The van der Waals surface area contributed by atoms with Gasteiger partial charge in [-0.3, -0.25) is 9.78 Å². The Morgan fingerprint density at radius 1 is 1.16 bits per heavy atom. The molecule has 0 spiro atoms. The number of benzene rings is 1. The summed E-state index contributed by atoms with van der Waals surface area (Å²) < 4.78 is 0. The van der Waals surface area contributed by atoms with Crippen molar-refractivity contribution in [3.8, 4) is 0 Å². The summed E-state index contributed by atoms with van der Waals surface area (Å²) in [6.45, 7) is 2.72. The fourth-order valence-corrected chi connectivity index (χ4v) is 3.81. The predicted molar refractivity (Wildman–Crippen MR) is 101 cm³/mol. The van der Waals surface area contributed by atoms with E-state index in [9.17, 15) is 4.79 Å². The quantitative estimate of drug-likeness (QED) is 0.739. The number of carbonyl (C=O) groups excluding carboxylic acids is 1. The van der Waals surface area contributed by atoms with E-state index in [1.54, 1.807) is 17.5 Å². The van der Waals surface area contributed by atoms with Gasteiger partial charge in [-0.2, -0.15) is 0 Å². The highest BCUT2D eigenvalue weighted by molar-refractivity contribution is 7.09. The largest absolute Gasteiger partial charge is 0.360 e. The predicted octanol–water partition coefficient (Wildman–Crippen LogP) is 4.47. The van der Waals surface area contributed by atoms with Gasteiger partial charge in [0.1, 0.15) is 6.17 Å². The highest BCUT2D eigenvalue weighted by Gasteiger charge is 2.37. The van der Waals surface area contributed by atoms with E-state index in [-0.39, 0.29) is 12.1 Å². The second-order valence-corrected chi connectivity index (χ2v) is 7.08. The molecule has 2 aromatic heterocycles. The van der Waals surface area contributed by atoms with Crippen LogP contribution in [0.2, 0.25) is 0 Å². The second-order valence-electron chi connectivity index (χ2n) is 6.05. The highest BCUT2D eigenvalue weighted by Crippen LogP contribution is 2.34. The molecule has 0 radical (unpaired) electrons. The fraction of sp³-hybridized carbons (Fsp3) is 0.200. The Balaban J connectivity index is 1.66. The van der Waals surface area contributed by atoms with E-state index in [0.717, 1.165) is 22.7 Å². The first-order valence-electron chi connectivity index (χ1n) is 8.40. The van der Waals surface area contributed by atoms with E-state index < -0.39 is 0 Å². The Morgan fingerprint density at radius 3 is 2.72 bits per heavy atom. The van der Waals surface area contributed by atoms with Crippen molar-refractivity contribution in [1.29, 1.82) is 0 Å². The molecule has 126 valence electrons. The lowest BCUT2D eigenvalue weighted by molar-refractivity contribution is 0.0729. The van der Waals surface area contributed by atoms with Crippen molar-refractivity contribution >= 4 is 22.9 Å². The molecule has 0 saturated carbocycles. The molecule has 1 unspecified atom stereocenters. The maximum absolute atomic E-state index is 12.9. The van der Waals surface area contributed by atoms with Crippen LogP contribution in [0.3, 0.4) is 0 Å². The topological polar surface area (TPSA) is 45.2 Å². The Bertz CT molecular complexity index is 874. The Hall–Kier alpha value is -2.66. The number of nitrogens with zero attached hydrogens (tertiary/aromatic N) is 2. The van der Waals surface area contributed by atoms with E-state index in [0.29, 0.717) is 12.1 Å². The van der Waals surface area contributed by atoms with Crippen LogP contribution in [0, 0.1) is 0 Å². The number of anilines is 1. The molecule has 1 N–H and O–H groups in total. The summed E-state index contributed by atoms with van der Waals surface area (Å²) in [7, 11) is 0. The van der Waals surface area contributed by atoms with E-state index in [2.05, 4.69) is 47.6 Å². The van der Waals surface area contributed by atoms with Crippen molar-refractivity contribution in [1.82, 2.24) is 9.88 Å². The number of hydrogen-bond acceptors (Lipinski definition) is 4. The lowest BCUT2D eigenvalue weighted by Crippen LogP contribution is -2.31. The lowest BCUT2D eigenvalue weighted by Gasteiger charge is -2.26. The van der Waals surface area contributed by atoms with Gasteiger partial charge in [-0.05, 0) is 47.7 Å². The van der Waals surface area contributed by atoms with Crippen LogP contribution >= 0.6 is 11.3 Å². The number of aryl methyl sites for hydroxylation is 1. The van der Waals surface area contributed by atoms with Crippen LogP contribution in [0.15, 0.2) is 60.1 Å². The SMILES string of the molecule is CCc1ccc(NC2c3ncccc3C(=O)N2Cc2cccs2)cc1. The Morgan fingerprint density at radius 2 is 2.00 bits per heavy atom. The van der Waals surface area contributed by atoms with Gasteiger partial charge < -0.3 is 10.2 Å². The maximum atomic E-state index is 12.9. The highest BCUT2D eigenvalue weighted by atomic mass is 32.1. The van der Waals surface area contributed by atoms with Crippen molar-refractivity contribution in [2.45, 2.75) is 26.1 Å². The molecule has 3 heterocycles. The monoisotopic (exact) mass is 349 g/mol. The van der Waals surface area contributed by atoms with Gasteiger partial charge in [0.05, 0.1) is 17.8 Å². The summed E-state index contributed by atoms with van der Waals surface area (Å²) in [5.41, 5.74) is 3.76. The molecular weight excluding hydrogens is 330 g/mol. The standard InChI is InChI=1S/C20H19N3OS/c1-2-14-7-9-15(10-8-14)22-19-18-17(6-3-11-21-18)20(24)23(19)13-16-5-4-12-25-16/h3-12,19,22H,2,13H2,1H3. The molecule has 1 amide bonds. The van der Waals surface area contributed by atoms with Crippen molar-refractivity contribution in [3.63, 3.8) is 0 Å². The number of rotatable bonds is 5. The number of amides is 1. The maximum Gasteiger partial charge on any atom is 0.258 e. The number of thiophene rings is 1. The average Bonchev–Trinajstić information content (AvgIpc) is 3.25. The average molecular weight is 349 g/mol. The minimum Gasteiger partial charge on any atom is -0.360 e. The summed E-state index contributed by atoms with van der Waals surface area (Å²) in [5.74, 6) is 0.0270. The zero-order valence-corrected chi connectivity index (χ0v) is 14.8. The van der Waals surface area contributed by atoms with Crippen LogP contribution in [0.1, 0.15) is 39.6 Å². The van der Waals surface area contributed by atoms with E-state index in [4.69, 9.17) is 0 Å². The number of pyridine rings is 1. The number of nitrogens with one attached hydrogen (secondary N) is 1. The first-order chi connectivity index (χ1) is 12.3. The van der Waals surface area contributed by atoms with Gasteiger partial charge in [-0.15, -0.1) is 11.3 Å². The van der Waals surface area contributed by atoms with Gasteiger partial charge in [0.2, 0.25) is 0 Å². The molecule has 0 fully saturated rings. The molecular formula is C20H19N3OS. The van der Waals surface area contributed by atoms with Gasteiger partial charge in [-0.25, -0.2) is 0 Å². The third-order valence-electron chi connectivity index (χ3n) is 4.47. The van der Waals surface area contributed by atoms with Gasteiger partial charge in [0.25, 0.3) is 5.91 Å².